The molecule has 0 aromatic carbocycles. The number of aliphatic carboxylic acids is 12. The number of carboxylic acid groups (broad SMARTS) is 12. The van der Waals surface area contributed by atoms with Gasteiger partial charge in [-0.2, -0.15) is 0 Å². The van der Waals surface area contributed by atoms with Gasteiger partial charge in [-0.1, -0.05) is 0 Å². The Bertz CT molecular complexity index is 1130. The van der Waals surface area contributed by atoms with Gasteiger partial charge >= 0.3 is 52.8 Å². The minimum Gasteiger partial charge on any atom is -0.550 e. The van der Waals surface area contributed by atoms with Gasteiger partial charge in [0, 0.05) is 99.1 Å². The van der Waals surface area contributed by atoms with Crippen LogP contribution in [0.1, 0.15) is 51.4 Å². The quantitative estimate of drug-likeness (QED) is 0.0823. The minimum absolute atomic E-state index is 0. The van der Waals surface area contributed by atoms with E-state index in [0.717, 1.165) is 0 Å². The first-order valence-corrected chi connectivity index (χ1v) is 12.5. The molecule has 0 amide bonds. The standard InChI is InChI=1S/4C6H8O7.3Ge/c4*7-3(8)1-6(13,5(11)12)2-4(9)10;;;/h4*13H,1-2H2,(H,7,8)(H,9,10)(H,11,12);;;/q;;;;3*+4/p-12. The molecule has 0 aliphatic heterocycles. The van der Waals surface area contributed by atoms with Gasteiger partial charge in [0.2, 0.25) is 0 Å². The van der Waals surface area contributed by atoms with Gasteiger partial charge in [0.15, 0.2) is 0 Å². The molecule has 0 spiro atoms. The van der Waals surface area contributed by atoms with E-state index in [-0.39, 0.29) is 52.8 Å². The molecule has 0 fully saturated rings. The summed E-state index contributed by atoms with van der Waals surface area (Å²) in [5.74, 6) is -23.9. The molecule has 4 N–H and O–H groups in total. The average Bonchev–Trinajstić information content (AvgIpc) is 2.85. The SMILES string of the molecule is O=C([O-])CC(O)(CC(=O)[O-])C(=O)[O-].O=C([O-])CC(O)(CC(=O)[O-])C(=O)[O-].O=C([O-])CC(O)(CC(=O)[O-])C(=O)[O-].O=C([O-])CC(O)(CC(=O)[O-])C(=O)[O-].[Ge+4].[Ge+4].[Ge+4]. The van der Waals surface area contributed by atoms with E-state index in [1.54, 1.807) is 0 Å². The van der Waals surface area contributed by atoms with Crippen LogP contribution in [-0.4, -0.2) is 167 Å². The van der Waals surface area contributed by atoms with Gasteiger partial charge in [-0.05, 0) is 0 Å². The van der Waals surface area contributed by atoms with Crippen LogP contribution in [0.5, 0.6) is 0 Å². The predicted octanol–water partition coefficient (Wildman–Crippen LogP) is -22.2. The molecule has 0 unspecified atom stereocenters. The fraction of sp³-hybridized carbons (Fsp3) is 0.500. The smallest absolute Gasteiger partial charge is 0.550 e. The van der Waals surface area contributed by atoms with Crippen LogP contribution in [0.2, 0.25) is 0 Å². The number of carbonyl (C=O) groups excluding carboxylic acids is 12. The summed E-state index contributed by atoms with van der Waals surface area (Å²) in [7, 11) is 0. The molecule has 296 valence electrons. The maximum atomic E-state index is 10.1. The Balaban J connectivity index is -0.000000110. The van der Waals surface area contributed by atoms with E-state index in [1.165, 1.54) is 0 Å². The minimum atomic E-state index is -2.97. The fourth-order valence-electron chi connectivity index (χ4n) is 2.74. The molecule has 55 heavy (non-hydrogen) atoms. The summed E-state index contributed by atoms with van der Waals surface area (Å²) in [5, 5.41) is 156. The monoisotopic (exact) mass is 978 g/mol. The molecule has 0 aromatic heterocycles. The van der Waals surface area contributed by atoms with Gasteiger partial charge < -0.3 is 139 Å². The molecule has 0 saturated carbocycles. The van der Waals surface area contributed by atoms with Gasteiger partial charge in [0.1, 0.15) is 22.4 Å². The molecule has 0 aliphatic rings. The normalized spacial score (nSPS) is 10.3. The Hall–Kier alpha value is -4.89. The molecule has 0 aliphatic carbocycles. The number of aliphatic hydroxyl groups is 4. The Morgan fingerprint density at radius 3 is 0.364 bits per heavy atom. The zero-order chi connectivity index (χ0) is 42.6. The summed E-state index contributed by atoms with van der Waals surface area (Å²) in [6.45, 7) is 0. The van der Waals surface area contributed by atoms with Crippen molar-refractivity contribution in [3.63, 3.8) is 0 Å². The second-order valence-electron chi connectivity index (χ2n) is 9.67. The third kappa shape index (κ3) is 31.2. The van der Waals surface area contributed by atoms with Gasteiger partial charge in [-0.15, -0.1) is 0 Å². The van der Waals surface area contributed by atoms with Gasteiger partial charge in [0.05, 0.1) is 23.9 Å². The Morgan fingerprint density at radius 2 is 0.327 bits per heavy atom. The zero-order valence-corrected chi connectivity index (χ0v) is 33.0. The molecule has 0 aromatic rings. The van der Waals surface area contributed by atoms with E-state index < -0.39 is 145 Å². The van der Waals surface area contributed by atoms with Gasteiger partial charge in [-0.3, -0.25) is 0 Å². The Kier molecular flexibility index (Phi) is 33.7. The van der Waals surface area contributed by atoms with E-state index in [2.05, 4.69) is 0 Å². The maximum absolute atomic E-state index is 10.1. The van der Waals surface area contributed by atoms with E-state index in [0.29, 0.717) is 0 Å². The molecule has 31 heteroatoms. The molecule has 0 atom stereocenters. The first-order valence-electron chi connectivity index (χ1n) is 12.5. The molecular weight excluding hydrogens is 954 g/mol. The van der Waals surface area contributed by atoms with Crippen molar-refractivity contribution in [3.8, 4) is 0 Å². The molecule has 0 rings (SSSR count). The Labute approximate surface area is 336 Å². The summed E-state index contributed by atoms with van der Waals surface area (Å²) in [6.07, 6.45) is -10.9. The summed E-state index contributed by atoms with van der Waals surface area (Å²) >= 11 is 0. The van der Waals surface area contributed by atoms with Crippen molar-refractivity contribution in [2.75, 3.05) is 0 Å². The third-order valence-corrected chi connectivity index (χ3v) is 5.01. The molecule has 0 radical (unpaired) electrons. The van der Waals surface area contributed by atoms with Crippen LogP contribution in [0, 0.1) is 0 Å². The Morgan fingerprint density at radius 1 is 0.255 bits per heavy atom. The predicted molar refractivity (Wildman–Crippen MR) is 134 cm³/mol. The van der Waals surface area contributed by atoms with Crippen LogP contribution < -0.4 is 61.3 Å². The first kappa shape index (κ1) is 65.0. The molecule has 28 nitrogen and oxygen atoms in total. The largest absolute Gasteiger partial charge is 4.00 e. The number of hydrogen-bond acceptors (Lipinski definition) is 28. The number of rotatable bonds is 20. The van der Waals surface area contributed by atoms with Gasteiger partial charge in [-0.25, -0.2) is 0 Å². The second-order valence-corrected chi connectivity index (χ2v) is 9.67. The second kappa shape index (κ2) is 28.5. The maximum Gasteiger partial charge on any atom is 4.00 e. The fourth-order valence-corrected chi connectivity index (χ4v) is 2.74. The van der Waals surface area contributed by atoms with Crippen molar-refractivity contribution in [2.45, 2.75) is 73.8 Å². The van der Waals surface area contributed by atoms with Crippen LogP contribution in [-0.2, 0) is 57.5 Å². The summed E-state index contributed by atoms with van der Waals surface area (Å²) in [4.78, 5) is 120. The number of carboxylic acids is 12. The van der Waals surface area contributed by atoms with Gasteiger partial charge in [0.25, 0.3) is 0 Å². The van der Waals surface area contributed by atoms with E-state index >= 15 is 0 Å². The third-order valence-electron chi connectivity index (χ3n) is 5.01. The van der Waals surface area contributed by atoms with E-state index in [4.69, 9.17) is 20.4 Å². The first-order chi connectivity index (χ1) is 23.1. The van der Waals surface area contributed by atoms with E-state index in [9.17, 15) is 119 Å². The topological polar surface area (TPSA) is 562 Å². The van der Waals surface area contributed by atoms with Crippen molar-refractivity contribution in [3.05, 3.63) is 0 Å². The van der Waals surface area contributed by atoms with Crippen LogP contribution in [0.3, 0.4) is 0 Å². The molecule has 0 heterocycles. The number of hydrogen-bond donors (Lipinski definition) is 4. The van der Waals surface area contributed by atoms with Crippen molar-refractivity contribution in [1.82, 2.24) is 0 Å². The van der Waals surface area contributed by atoms with Crippen LogP contribution >= 0.6 is 0 Å². The van der Waals surface area contributed by atoms with Crippen molar-refractivity contribution in [2.24, 2.45) is 0 Å². The molecular formula is C24H20Ge3O28. The van der Waals surface area contributed by atoms with Crippen molar-refractivity contribution >= 4 is 124 Å². The van der Waals surface area contributed by atoms with E-state index in [1.807, 2.05) is 0 Å². The van der Waals surface area contributed by atoms with Crippen LogP contribution in [0.15, 0.2) is 0 Å². The van der Waals surface area contributed by atoms with Crippen molar-refractivity contribution < 1.29 is 139 Å². The van der Waals surface area contributed by atoms with Crippen LogP contribution in [0.25, 0.3) is 0 Å². The van der Waals surface area contributed by atoms with Crippen LogP contribution in [0.4, 0.5) is 0 Å². The summed E-state index contributed by atoms with van der Waals surface area (Å²) in [6, 6.07) is 0. The summed E-state index contributed by atoms with van der Waals surface area (Å²) in [5.41, 5.74) is -11.9. The summed E-state index contributed by atoms with van der Waals surface area (Å²) < 4.78 is 0. The molecule has 0 bridgehead atoms. The average molecular weight is 974 g/mol. The zero-order valence-electron chi connectivity index (χ0n) is 26.7. The van der Waals surface area contributed by atoms with Crippen molar-refractivity contribution in [1.29, 1.82) is 0 Å². The number of carbonyl (C=O) groups is 12. The molecule has 0 saturated heterocycles.